The minimum absolute atomic E-state index is 0.0759. The topological polar surface area (TPSA) is 85.4 Å². The Bertz CT molecular complexity index is 1150. The molecule has 8 nitrogen and oxygen atoms in total. The van der Waals surface area contributed by atoms with E-state index in [0.717, 1.165) is 0 Å². The van der Waals surface area contributed by atoms with Crippen LogP contribution in [0.1, 0.15) is 31.1 Å². The van der Waals surface area contributed by atoms with Crippen molar-refractivity contribution in [1.29, 1.82) is 0 Å². The third kappa shape index (κ3) is 5.17. The first-order valence-electron chi connectivity index (χ1n) is 11.3. The van der Waals surface area contributed by atoms with Gasteiger partial charge in [-0.3, -0.25) is 4.79 Å². The van der Waals surface area contributed by atoms with E-state index in [1.165, 1.54) is 16.4 Å². The molecule has 10 heteroatoms. The lowest BCUT2D eigenvalue weighted by Crippen LogP contribution is -2.48. The zero-order chi connectivity index (χ0) is 24.5. The second kappa shape index (κ2) is 10.1. The first kappa shape index (κ1) is 24.8. The molecule has 1 amide bonds. The Morgan fingerprint density at radius 3 is 2.47 bits per heavy atom. The van der Waals surface area contributed by atoms with Crippen molar-refractivity contribution in [2.75, 3.05) is 32.8 Å². The number of hydrogen-bond donors (Lipinski definition) is 0. The van der Waals surface area contributed by atoms with Gasteiger partial charge in [0.2, 0.25) is 10.0 Å². The van der Waals surface area contributed by atoms with Crippen molar-refractivity contribution < 1.29 is 27.4 Å². The molecule has 2 aromatic rings. The summed E-state index contributed by atoms with van der Waals surface area (Å²) in [5.41, 5.74) is 0.247. The van der Waals surface area contributed by atoms with Crippen LogP contribution in [0.2, 0.25) is 5.02 Å². The van der Waals surface area contributed by atoms with Gasteiger partial charge in [-0.2, -0.15) is 4.31 Å². The Hall–Kier alpha value is -2.33. The van der Waals surface area contributed by atoms with E-state index in [0.29, 0.717) is 31.2 Å². The van der Waals surface area contributed by atoms with E-state index in [9.17, 15) is 13.2 Å². The zero-order valence-corrected chi connectivity index (χ0v) is 21.0. The number of fused-ring (bicyclic) bond motifs is 1. The third-order valence-electron chi connectivity index (χ3n) is 5.84. The van der Waals surface area contributed by atoms with E-state index in [-0.39, 0.29) is 52.8 Å². The van der Waals surface area contributed by atoms with Gasteiger partial charge >= 0.3 is 0 Å². The lowest BCUT2D eigenvalue weighted by Gasteiger charge is -2.34. The minimum atomic E-state index is -3.90. The molecule has 1 saturated heterocycles. The van der Waals surface area contributed by atoms with Crippen LogP contribution < -0.4 is 9.47 Å². The molecule has 3 atom stereocenters. The van der Waals surface area contributed by atoms with Crippen LogP contribution in [0.4, 0.5) is 0 Å². The number of ether oxygens (including phenoxy) is 3. The molecule has 0 saturated carbocycles. The van der Waals surface area contributed by atoms with Gasteiger partial charge < -0.3 is 19.1 Å². The van der Waals surface area contributed by atoms with Gasteiger partial charge in [0.25, 0.3) is 5.91 Å². The van der Waals surface area contributed by atoms with E-state index in [2.05, 4.69) is 0 Å². The number of likely N-dealkylation sites (N-methyl/N-ethyl adjacent to an activating group) is 1. The van der Waals surface area contributed by atoms with Gasteiger partial charge in [0.15, 0.2) is 17.6 Å². The molecule has 0 aromatic heterocycles. The average molecular weight is 509 g/mol. The van der Waals surface area contributed by atoms with Crippen molar-refractivity contribution in [3.8, 4) is 11.5 Å². The van der Waals surface area contributed by atoms with Crippen LogP contribution in [0, 0.1) is 0 Å². The first-order chi connectivity index (χ1) is 16.2. The van der Waals surface area contributed by atoms with Crippen LogP contribution in [0.5, 0.6) is 11.5 Å². The fraction of sp³-hybridized carbons (Fsp3) is 0.458. The highest BCUT2D eigenvalue weighted by Gasteiger charge is 2.34. The fourth-order valence-corrected chi connectivity index (χ4v) is 6.33. The number of sulfonamides is 1. The Morgan fingerprint density at radius 2 is 1.79 bits per heavy atom. The maximum atomic E-state index is 13.4. The molecule has 2 aliphatic rings. The molecule has 2 heterocycles. The number of rotatable bonds is 6. The van der Waals surface area contributed by atoms with Crippen LogP contribution >= 0.6 is 11.6 Å². The van der Waals surface area contributed by atoms with Crippen LogP contribution in [-0.2, 0) is 14.8 Å². The maximum absolute atomic E-state index is 13.4. The Morgan fingerprint density at radius 1 is 1.12 bits per heavy atom. The van der Waals surface area contributed by atoms with Crippen molar-refractivity contribution in [2.45, 2.75) is 44.0 Å². The molecule has 2 aliphatic heterocycles. The number of benzene rings is 2. The van der Waals surface area contributed by atoms with Crippen molar-refractivity contribution in [2.24, 2.45) is 0 Å². The molecule has 0 N–H and O–H groups in total. The van der Waals surface area contributed by atoms with Crippen LogP contribution in [0.25, 0.3) is 0 Å². The quantitative estimate of drug-likeness (QED) is 0.594. The number of nitrogens with zero attached hydrogens (tertiary/aromatic N) is 2. The van der Waals surface area contributed by atoms with Gasteiger partial charge in [0, 0.05) is 25.2 Å². The molecule has 0 unspecified atom stereocenters. The molecule has 1 fully saturated rings. The Balaban J connectivity index is 1.53. The van der Waals surface area contributed by atoms with E-state index >= 15 is 0 Å². The number of halogens is 1. The van der Waals surface area contributed by atoms with E-state index in [1.807, 2.05) is 45.0 Å². The highest BCUT2D eigenvalue weighted by molar-refractivity contribution is 7.89. The maximum Gasteiger partial charge on any atom is 0.254 e. The summed E-state index contributed by atoms with van der Waals surface area (Å²) in [6, 6.07) is 11.8. The van der Waals surface area contributed by atoms with Gasteiger partial charge in [-0.05, 0) is 51.1 Å². The summed E-state index contributed by atoms with van der Waals surface area (Å²) in [6.07, 6.45) is -0.813. The SMILES string of the molecule is CCN(C[C@H]1COc2ccccc2O1)C(=O)c1ccc(Cl)c(S(=O)(=O)N2C[C@H](C)O[C@@H](C)C2)c1. The minimum Gasteiger partial charge on any atom is -0.486 e. The summed E-state index contributed by atoms with van der Waals surface area (Å²) in [4.78, 5) is 14.9. The fourth-order valence-electron chi connectivity index (χ4n) is 4.24. The number of hydrogen-bond acceptors (Lipinski definition) is 6. The summed E-state index contributed by atoms with van der Waals surface area (Å²) in [5, 5.41) is 0.0759. The smallest absolute Gasteiger partial charge is 0.254 e. The second-order valence-electron chi connectivity index (χ2n) is 8.57. The molecule has 0 aliphatic carbocycles. The number of carbonyl (C=O) groups is 1. The number of amides is 1. The second-order valence-corrected chi connectivity index (χ2v) is 10.9. The standard InChI is InChI=1S/C24H29ClN2O6S/c1-4-26(14-19-15-31-21-7-5-6-8-22(21)33-19)24(28)18-9-10-20(25)23(11-18)34(29,30)27-12-16(2)32-17(3)13-27/h5-11,16-17,19H,4,12-15H2,1-3H3/t16-,17-,19-/m0/s1. The van der Waals surface area contributed by atoms with Gasteiger partial charge in [0.1, 0.15) is 11.5 Å². The van der Waals surface area contributed by atoms with Crippen LogP contribution in [0.3, 0.4) is 0 Å². The number of morpholine rings is 1. The number of carbonyl (C=O) groups excluding carboxylic acids is 1. The predicted octanol–water partition coefficient (Wildman–Crippen LogP) is 3.44. The van der Waals surface area contributed by atoms with Gasteiger partial charge in [-0.25, -0.2) is 8.42 Å². The lowest BCUT2D eigenvalue weighted by atomic mass is 10.2. The molecule has 0 bridgehead atoms. The van der Waals surface area contributed by atoms with E-state index < -0.39 is 10.0 Å². The zero-order valence-electron chi connectivity index (χ0n) is 19.4. The van der Waals surface area contributed by atoms with Gasteiger partial charge in [-0.1, -0.05) is 23.7 Å². The molecule has 0 radical (unpaired) electrons. The van der Waals surface area contributed by atoms with Crippen molar-refractivity contribution in [3.05, 3.63) is 53.1 Å². The molecule has 0 spiro atoms. The normalized spacial score (nSPS) is 22.9. The summed E-state index contributed by atoms with van der Waals surface area (Å²) >= 11 is 6.30. The summed E-state index contributed by atoms with van der Waals surface area (Å²) in [5.74, 6) is 1.00. The van der Waals surface area contributed by atoms with Crippen molar-refractivity contribution in [3.63, 3.8) is 0 Å². The van der Waals surface area contributed by atoms with E-state index in [4.69, 9.17) is 25.8 Å². The third-order valence-corrected chi connectivity index (χ3v) is 8.16. The molecule has 4 rings (SSSR count). The summed E-state index contributed by atoms with van der Waals surface area (Å²) in [7, 11) is -3.90. The van der Waals surface area contributed by atoms with Gasteiger partial charge in [0.05, 0.1) is 23.8 Å². The van der Waals surface area contributed by atoms with Crippen molar-refractivity contribution >= 4 is 27.5 Å². The van der Waals surface area contributed by atoms with Gasteiger partial charge in [-0.15, -0.1) is 0 Å². The monoisotopic (exact) mass is 508 g/mol. The Kier molecular flexibility index (Phi) is 7.37. The largest absolute Gasteiger partial charge is 0.486 e. The molecule has 34 heavy (non-hydrogen) atoms. The van der Waals surface area contributed by atoms with Crippen LogP contribution in [0.15, 0.2) is 47.4 Å². The summed E-state index contributed by atoms with van der Waals surface area (Å²) in [6.45, 7) is 7.00. The average Bonchev–Trinajstić information content (AvgIpc) is 2.81. The first-order valence-corrected chi connectivity index (χ1v) is 13.1. The predicted molar refractivity (Wildman–Crippen MR) is 128 cm³/mol. The lowest BCUT2D eigenvalue weighted by molar-refractivity contribution is -0.0440. The highest BCUT2D eigenvalue weighted by atomic mass is 35.5. The Labute approximate surface area is 205 Å². The molecule has 2 aromatic carbocycles. The number of para-hydroxylation sites is 2. The van der Waals surface area contributed by atoms with E-state index in [1.54, 1.807) is 11.0 Å². The molecule has 184 valence electrons. The highest BCUT2D eigenvalue weighted by Crippen LogP contribution is 2.32. The van der Waals surface area contributed by atoms with Crippen molar-refractivity contribution in [1.82, 2.24) is 9.21 Å². The van der Waals surface area contributed by atoms with Crippen LogP contribution in [-0.4, -0.2) is 74.6 Å². The summed E-state index contributed by atoms with van der Waals surface area (Å²) < 4.78 is 45.5. The molecular formula is C24H29ClN2O6S. The molecular weight excluding hydrogens is 480 g/mol.